The predicted octanol–water partition coefficient (Wildman–Crippen LogP) is 3.37. The van der Waals surface area contributed by atoms with Crippen LogP contribution in [0.25, 0.3) is 11.1 Å². The lowest BCUT2D eigenvalue weighted by Gasteiger charge is -2.62. The number of para-hydroxylation sites is 1. The average molecular weight is 777 g/mol. The molecular formula is C43H64N6O7. The SMILES string of the molecule is COc1c(CN2O[C@@H](CO)[C@H]([C@H](C)O)[C@H]2C(=O)N[C@H]2C[C@H]3C[C@@H]([C@@H]2C)C3(C)C)cccc1-c1cc(C(=O)N[C@H](CN(C)C)C(=O)N2CCCC2)cc(N(C)C)c1. The minimum atomic E-state index is -0.918. The van der Waals surface area contributed by atoms with Gasteiger partial charge in [-0.15, -0.1) is 0 Å². The summed E-state index contributed by atoms with van der Waals surface area (Å²) < 4.78 is 6.08. The van der Waals surface area contributed by atoms with Crippen molar-refractivity contribution >= 4 is 23.4 Å². The summed E-state index contributed by atoms with van der Waals surface area (Å²) >= 11 is 0. The van der Waals surface area contributed by atoms with E-state index in [-0.39, 0.29) is 42.3 Å². The first-order valence-corrected chi connectivity index (χ1v) is 20.3. The second-order valence-corrected chi connectivity index (χ2v) is 17.7. The van der Waals surface area contributed by atoms with Crippen molar-refractivity contribution < 1.29 is 34.2 Å². The van der Waals surface area contributed by atoms with Crippen LogP contribution in [0, 0.1) is 29.1 Å². The summed E-state index contributed by atoms with van der Waals surface area (Å²) in [6.07, 6.45) is 2.34. The second kappa shape index (κ2) is 17.0. The van der Waals surface area contributed by atoms with Crippen LogP contribution in [0.5, 0.6) is 5.75 Å². The molecule has 2 bridgehead atoms. The van der Waals surface area contributed by atoms with Crippen LogP contribution in [-0.4, -0.2) is 135 Å². The molecule has 7 rings (SSSR count). The van der Waals surface area contributed by atoms with Gasteiger partial charge in [0.15, 0.2) is 0 Å². The maximum absolute atomic E-state index is 14.3. The Balaban J connectivity index is 1.28. The van der Waals surface area contributed by atoms with E-state index in [1.54, 1.807) is 19.1 Å². The highest BCUT2D eigenvalue weighted by molar-refractivity contribution is 6.00. The number of methoxy groups -OCH3 is 1. The van der Waals surface area contributed by atoms with E-state index in [0.29, 0.717) is 48.7 Å². The molecule has 3 amide bonds. The molecule has 3 aliphatic carbocycles. The average Bonchev–Trinajstić information content (AvgIpc) is 3.83. The van der Waals surface area contributed by atoms with Crippen molar-refractivity contribution in [3.63, 3.8) is 0 Å². The highest BCUT2D eigenvalue weighted by Gasteiger charge is 2.57. The minimum absolute atomic E-state index is 0.0219. The zero-order chi connectivity index (χ0) is 40.6. The molecule has 9 atom stereocenters. The molecule has 0 spiro atoms. The normalized spacial score (nSPS) is 28.1. The summed E-state index contributed by atoms with van der Waals surface area (Å²) in [4.78, 5) is 53.7. The van der Waals surface area contributed by atoms with Crippen LogP contribution in [0.15, 0.2) is 36.4 Å². The number of carbonyl (C=O) groups is 3. The largest absolute Gasteiger partial charge is 0.496 e. The maximum atomic E-state index is 14.3. The van der Waals surface area contributed by atoms with Crippen molar-refractivity contribution in [3.05, 3.63) is 47.5 Å². The molecule has 308 valence electrons. The lowest BCUT2D eigenvalue weighted by atomic mass is 9.45. The number of aliphatic hydroxyl groups excluding tert-OH is 2. The summed E-state index contributed by atoms with van der Waals surface area (Å²) in [5.74, 6) is 0.653. The van der Waals surface area contributed by atoms with Gasteiger partial charge in [-0.1, -0.05) is 39.0 Å². The van der Waals surface area contributed by atoms with Gasteiger partial charge in [-0.05, 0) is 93.6 Å². The number of benzene rings is 2. The molecular weight excluding hydrogens is 713 g/mol. The van der Waals surface area contributed by atoms with Crippen molar-refractivity contribution in [1.82, 2.24) is 25.5 Å². The summed E-state index contributed by atoms with van der Waals surface area (Å²) in [7, 11) is 9.17. The smallest absolute Gasteiger partial charge is 0.252 e. The van der Waals surface area contributed by atoms with Gasteiger partial charge < -0.3 is 40.3 Å². The Morgan fingerprint density at radius 2 is 1.79 bits per heavy atom. The van der Waals surface area contributed by atoms with E-state index in [2.05, 4.69) is 31.4 Å². The predicted molar refractivity (Wildman–Crippen MR) is 216 cm³/mol. The van der Waals surface area contributed by atoms with Crippen molar-refractivity contribution in [1.29, 1.82) is 0 Å². The van der Waals surface area contributed by atoms with Gasteiger partial charge in [0.05, 0.1) is 26.4 Å². The number of ether oxygens (including phenoxy) is 1. The van der Waals surface area contributed by atoms with Crippen molar-refractivity contribution in [2.24, 2.45) is 29.1 Å². The summed E-state index contributed by atoms with van der Waals surface area (Å²) in [5.41, 5.74) is 3.65. The second-order valence-electron chi connectivity index (χ2n) is 17.7. The van der Waals surface area contributed by atoms with E-state index in [1.165, 1.54) is 6.42 Å². The number of hydrogen-bond acceptors (Lipinski definition) is 10. The number of carbonyl (C=O) groups excluding carboxylic acids is 3. The lowest BCUT2D eigenvalue weighted by molar-refractivity contribution is -0.183. The fraction of sp³-hybridized carbons (Fsp3) is 0.651. The standard InChI is InChI=1S/C43H64N6O7/c1-25-33-20-30(43(33,3)4)21-34(25)44-41(53)38-37(26(2)51)36(24-50)56-49(38)22-27-13-12-14-32(39(27)55-9)28-17-29(19-31(18-28)47(7)8)40(52)45-35(23-46(5)6)42(54)48-15-10-11-16-48/h12-14,17-19,25-26,30,33-38,50-51H,10-11,15-16,20-24H2,1-9H3,(H,44,53)(H,45,52)/t25-,26-,30+,33-,34-,35+,36-,37-,38-/m0/s1. The number of hydroxylamine groups is 2. The zero-order valence-electron chi connectivity index (χ0n) is 34.7. The van der Waals surface area contributed by atoms with Crippen molar-refractivity contribution in [2.75, 3.05) is 66.4 Å². The fourth-order valence-electron chi connectivity index (χ4n) is 9.94. The number of aliphatic hydroxyl groups is 2. The number of likely N-dealkylation sites (tertiary alicyclic amines) is 1. The van der Waals surface area contributed by atoms with Gasteiger partial charge in [0, 0.05) is 68.1 Å². The number of fused-ring (bicyclic) bond motifs is 2. The molecule has 2 aromatic rings. The first kappa shape index (κ1) is 41.9. The first-order chi connectivity index (χ1) is 26.5. The van der Waals surface area contributed by atoms with Crippen LogP contribution in [0.2, 0.25) is 0 Å². The van der Waals surface area contributed by atoms with Gasteiger partial charge in [-0.2, -0.15) is 5.06 Å². The Labute approximate surface area is 332 Å². The van der Waals surface area contributed by atoms with Crippen molar-refractivity contribution in [2.45, 2.75) is 90.3 Å². The molecule has 5 fully saturated rings. The number of hydrogen-bond donors (Lipinski definition) is 4. The maximum Gasteiger partial charge on any atom is 0.252 e. The van der Waals surface area contributed by atoms with Crippen LogP contribution in [0.1, 0.15) is 69.3 Å². The summed E-state index contributed by atoms with van der Waals surface area (Å²) in [5, 5.41) is 29.3. The van der Waals surface area contributed by atoms with Crippen LogP contribution >= 0.6 is 0 Å². The third-order valence-electron chi connectivity index (χ3n) is 13.3. The minimum Gasteiger partial charge on any atom is -0.496 e. The van der Waals surface area contributed by atoms with Crippen LogP contribution in [0.3, 0.4) is 0 Å². The molecule has 56 heavy (non-hydrogen) atoms. The zero-order valence-corrected chi connectivity index (χ0v) is 34.7. The quantitative estimate of drug-likeness (QED) is 0.225. The number of amides is 3. The number of rotatable bonds is 14. The van der Waals surface area contributed by atoms with E-state index in [0.717, 1.165) is 41.6 Å². The number of likely N-dealkylation sites (N-methyl/N-ethyl adjacent to an activating group) is 1. The highest BCUT2D eigenvalue weighted by atomic mass is 16.7. The Bertz CT molecular complexity index is 1740. The van der Waals surface area contributed by atoms with Crippen LogP contribution in [0.4, 0.5) is 5.69 Å². The summed E-state index contributed by atoms with van der Waals surface area (Å²) in [6.45, 7) is 10.1. The molecule has 5 aliphatic rings. The molecule has 13 heteroatoms. The third kappa shape index (κ3) is 8.29. The highest BCUT2D eigenvalue weighted by Crippen LogP contribution is 2.61. The van der Waals surface area contributed by atoms with Crippen LogP contribution < -0.4 is 20.3 Å². The first-order valence-electron chi connectivity index (χ1n) is 20.3. The molecule has 0 unspecified atom stereocenters. The van der Waals surface area contributed by atoms with Gasteiger partial charge in [-0.25, -0.2) is 0 Å². The topological polar surface area (TPSA) is 147 Å². The Hall–Kier alpha value is -3.75. The summed E-state index contributed by atoms with van der Waals surface area (Å²) in [6, 6.07) is 9.80. The molecule has 2 saturated heterocycles. The molecule has 2 aromatic carbocycles. The lowest BCUT2D eigenvalue weighted by Crippen LogP contribution is -2.62. The molecule has 2 aliphatic heterocycles. The Kier molecular flexibility index (Phi) is 12.7. The van der Waals surface area contributed by atoms with Gasteiger partial charge in [0.1, 0.15) is 23.9 Å². The molecule has 3 saturated carbocycles. The van der Waals surface area contributed by atoms with Gasteiger partial charge in [0.25, 0.3) is 5.91 Å². The van der Waals surface area contributed by atoms with Gasteiger partial charge in [0.2, 0.25) is 11.8 Å². The van der Waals surface area contributed by atoms with E-state index in [4.69, 9.17) is 9.57 Å². The van der Waals surface area contributed by atoms with Gasteiger partial charge in [-0.3, -0.25) is 19.2 Å². The van der Waals surface area contributed by atoms with E-state index < -0.39 is 30.2 Å². The monoisotopic (exact) mass is 776 g/mol. The van der Waals surface area contributed by atoms with E-state index >= 15 is 0 Å². The van der Waals surface area contributed by atoms with E-state index in [9.17, 15) is 24.6 Å². The molecule has 0 radical (unpaired) electrons. The Morgan fingerprint density at radius 1 is 1.07 bits per heavy atom. The van der Waals surface area contributed by atoms with E-state index in [1.807, 2.05) is 79.3 Å². The number of nitrogens with one attached hydrogen (secondary N) is 2. The van der Waals surface area contributed by atoms with Crippen LogP contribution in [-0.2, 0) is 21.0 Å². The Morgan fingerprint density at radius 3 is 2.38 bits per heavy atom. The fourth-order valence-corrected chi connectivity index (χ4v) is 9.94. The third-order valence-corrected chi connectivity index (χ3v) is 13.3. The molecule has 0 aromatic heterocycles. The number of anilines is 1. The molecule has 2 heterocycles. The molecule has 13 nitrogen and oxygen atoms in total. The number of nitrogens with zero attached hydrogens (tertiary/aromatic N) is 4. The molecule has 4 N–H and O–H groups in total. The van der Waals surface area contributed by atoms with Gasteiger partial charge >= 0.3 is 0 Å². The van der Waals surface area contributed by atoms with Crippen molar-refractivity contribution in [3.8, 4) is 16.9 Å².